The zero-order chi connectivity index (χ0) is 60.9. The summed E-state index contributed by atoms with van der Waals surface area (Å²) in [6, 6.07) is -0.934. The number of amides is 1. The van der Waals surface area contributed by atoms with E-state index in [0.29, 0.717) is 12.8 Å². The van der Waals surface area contributed by atoms with Gasteiger partial charge in [-0.15, -0.1) is 0 Å². The normalized spacial score (nSPS) is 23.8. The summed E-state index contributed by atoms with van der Waals surface area (Å²) >= 11 is 0. The van der Waals surface area contributed by atoms with Gasteiger partial charge in [0.25, 0.3) is 0 Å². The lowest BCUT2D eigenvalue weighted by molar-refractivity contribution is -0.359. The number of hydrogen-bond donors (Lipinski definition) is 9. The summed E-state index contributed by atoms with van der Waals surface area (Å²) in [5.41, 5.74) is 0. The summed E-state index contributed by atoms with van der Waals surface area (Å²) in [7, 11) is 0. The van der Waals surface area contributed by atoms with Gasteiger partial charge in [-0.1, -0.05) is 281 Å². The fourth-order valence-corrected chi connectivity index (χ4v) is 11.7. The second-order valence-corrected chi connectivity index (χ2v) is 25.0. The number of nitrogens with one attached hydrogen (secondary N) is 1. The van der Waals surface area contributed by atoms with E-state index in [9.17, 15) is 45.6 Å². The summed E-state index contributed by atoms with van der Waals surface area (Å²) in [6.07, 6.45) is 53.6. The summed E-state index contributed by atoms with van der Waals surface area (Å²) in [6.45, 7) is 2.81. The van der Waals surface area contributed by atoms with E-state index in [4.69, 9.17) is 18.9 Å². The fraction of sp³-hybridized carbons (Fsp3) is 0.900. The van der Waals surface area contributed by atoms with Crippen LogP contribution in [0.15, 0.2) is 36.5 Å². The van der Waals surface area contributed by atoms with E-state index in [1.54, 1.807) is 6.08 Å². The highest BCUT2D eigenvalue weighted by atomic mass is 16.7. The highest BCUT2D eigenvalue weighted by molar-refractivity contribution is 5.76. The van der Waals surface area contributed by atoms with Gasteiger partial charge in [-0.2, -0.15) is 0 Å². The van der Waals surface area contributed by atoms with Gasteiger partial charge in [0.05, 0.1) is 32.0 Å². The van der Waals surface area contributed by atoms with Crippen LogP contribution < -0.4 is 5.32 Å². The number of unbranched alkanes of at least 4 members (excludes halogenated alkanes) is 41. The molecule has 0 aromatic heterocycles. The number of rotatable bonds is 58. The predicted molar refractivity (Wildman–Crippen MR) is 341 cm³/mol. The zero-order valence-corrected chi connectivity index (χ0v) is 53.7. The molecule has 0 aromatic carbocycles. The first-order valence-corrected chi connectivity index (χ1v) is 35.2. The Hall–Kier alpha value is -1.79. The van der Waals surface area contributed by atoms with Crippen molar-refractivity contribution in [3.05, 3.63) is 36.5 Å². The average Bonchev–Trinajstić information content (AvgIpc) is 3.18. The molecule has 12 atom stereocenters. The predicted octanol–water partition coefficient (Wildman–Crippen LogP) is 14.1. The van der Waals surface area contributed by atoms with Gasteiger partial charge in [0.1, 0.15) is 48.8 Å². The van der Waals surface area contributed by atoms with Gasteiger partial charge < -0.3 is 65.1 Å². The molecule has 12 unspecified atom stereocenters. The van der Waals surface area contributed by atoms with Gasteiger partial charge in [0.2, 0.25) is 5.91 Å². The first-order chi connectivity index (χ1) is 41.1. The van der Waals surface area contributed by atoms with Crippen LogP contribution in [0.25, 0.3) is 0 Å². The minimum absolute atomic E-state index is 0.251. The second kappa shape index (κ2) is 55.3. The highest BCUT2D eigenvalue weighted by Gasteiger charge is 2.51. The molecule has 0 radical (unpaired) electrons. The Morgan fingerprint density at radius 2 is 0.762 bits per heavy atom. The van der Waals surface area contributed by atoms with Crippen molar-refractivity contribution in [3.8, 4) is 0 Å². The molecule has 2 rings (SSSR count). The van der Waals surface area contributed by atoms with Crippen LogP contribution in [0.1, 0.15) is 309 Å². The minimum atomic E-state index is -1.79. The van der Waals surface area contributed by atoms with Crippen molar-refractivity contribution in [2.24, 2.45) is 0 Å². The molecule has 0 saturated carbocycles. The molecule has 14 heteroatoms. The Balaban J connectivity index is 1.66. The second-order valence-electron chi connectivity index (χ2n) is 25.0. The number of aliphatic hydroxyl groups excluding tert-OH is 8. The zero-order valence-electron chi connectivity index (χ0n) is 53.7. The Kier molecular flexibility index (Phi) is 51.5. The van der Waals surface area contributed by atoms with E-state index >= 15 is 0 Å². The summed E-state index contributed by atoms with van der Waals surface area (Å²) in [4.78, 5) is 13.3. The molecule has 2 aliphatic rings. The molecule has 9 N–H and O–H groups in total. The number of carbonyl (C=O) groups is 1. The minimum Gasteiger partial charge on any atom is -0.394 e. The first kappa shape index (κ1) is 78.3. The first-order valence-electron chi connectivity index (χ1n) is 35.2. The van der Waals surface area contributed by atoms with Crippen LogP contribution in [0.5, 0.6) is 0 Å². The van der Waals surface area contributed by atoms with E-state index in [2.05, 4.69) is 43.5 Å². The molecule has 2 heterocycles. The van der Waals surface area contributed by atoms with Crippen molar-refractivity contribution in [2.45, 2.75) is 383 Å². The molecule has 0 bridgehead atoms. The van der Waals surface area contributed by atoms with Gasteiger partial charge in [-0.05, 0) is 57.8 Å². The van der Waals surface area contributed by atoms with Crippen LogP contribution in [0.3, 0.4) is 0 Å². The third-order valence-electron chi connectivity index (χ3n) is 17.3. The molecule has 0 aromatic rings. The molecule has 0 aliphatic carbocycles. The van der Waals surface area contributed by atoms with Gasteiger partial charge in [0.15, 0.2) is 12.6 Å². The van der Waals surface area contributed by atoms with Crippen molar-refractivity contribution in [1.29, 1.82) is 0 Å². The molecular formula is C70H131NO13. The van der Waals surface area contributed by atoms with Crippen LogP contribution in [0.4, 0.5) is 0 Å². The molecule has 2 saturated heterocycles. The molecule has 0 spiro atoms. The van der Waals surface area contributed by atoms with Gasteiger partial charge in [-0.3, -0.25) is 4.79 Å². The number of carbonyl (C=O) groups excluding carboxylic acids is 1. The van der Waals surface area contributed by atoms with E-state index in [-0.39, 0.29) is 18.9 Å². The molecule has 14 nitrogen and oxygen atoms in total. The largest absolute Gasteiger partial charge is 0.394 e. The summed E-state index contributed by atoms with van der Waals surface area (Å²) in [5.74, 6) is -0.251. The van der Waals surface area contributed by atoms with Crippen molar-refractivity contribution >= 4 is 5.91 Å². The molecule has 2 aliphatic heterocycles. The molecule has 2 fully saturated rings. The van der Waals surface area contributed by atoms with E-state index in [0.717, 1.165) is 38.5 Å². The number of aliphatic hydroxyl groups is 8. The standard InChI is InChI=1S/C70H131NO13/c1-3-5-7-9-11-13-15-17-19-21-22-23-24-25-26-27-28-29-30-31-32-33-34-35-36-38-39-41-43-45-47-49-51-53-59(74)58(71-62(75)54-52-50-48-46-44-42-40-37-20-18-16-14-12-10-8-6-4-2)57-81-69-67(80)65(78)68(61(56-73)83-69)84-70-66(79)64(77)63(76)60(55-72)82-70/h18,20,43,45,51,53,58-61,63-70,72-74,76-80H,3-17,19,21-42,44,46-50,52,54-57H2,1-2H3,(H,71,75)/b20-18-,45-43+,53-51+. The Morgan fingerprint density at radius 3 is 1.17 bits per heavy atom. The topological polar surface area (TPSA) is 228 Å². The maximum atomic E-state index is 13.3. The van der Waals surface area contributed by atoms with Crippen LogP contribution in [-0.2, 0) is 23.7 Å². The van der Waals surface area contributed by atoms with Crippen LogP contribution in [-0.4, -0.2) is 140 Å². The maximum Gasteiger partial charge on any atom is 0.220 e. The van der Waals surface area contributed by atoms with Crippen LogP contribution in [0, 0.1) is 0 Å². The van der Waals surface area contributed by atoms with Crippen LogP contribution in [0.2, 0.25) is 0 Å². The van der Waals surface area contributed by atoms with Crippen molar-refractivity contribution < 1.29 is 64.6 Å². The van der Waals surface area contributed by atoms with Crippen LogP contribution >= 0.6 is 0 Å². The monoisotopic (exact) mass is 1190 g/mol. The SMILES string of the molecule is CCCCCCCC/C=C\CCCCCCCCCC(=O)NC(COC1OC(CO)C(OC2OC(CO)C(O)C(O)C2O)C(O)C1O)C(O)/C=C/CC/C=C/CCCCCCCCCCCCCCCCCCCCCCCCCCCCC. The van der Waals surface area contributed by atoms with E-state index in [1.165, 1.54) is 238 Å². The molecular weight excluding hydrogens is 1060 g/mol. The Morgan fingerprint density at radius 1 is 0.417 bits per heavy atom. The average molecular weight is 1190 g/mol. The van der Waals surface area contributed by atoms with E-state index < -0.39 is 86.8 Å². The highest BCUT2D eigenvalue weighted by Crippen LogP contribution is 2.30. The number of hydrogen-bond acceptors (Lipinski definition) is 13. The number of allylic oxidation sites excluding steroid dienone is 5. The lowest BCUT2D eigenvalue weighted by Gasteiger charge is -2.46. The Labute approximate surface area is 512 Å². The van der Waals surface area contributed by atoms with Gasteiger partial charge >= 0.3 is 0 Å². The number of ether oxygens (including phenoxy) is 4. The lowest BCUT2D eigenvalue weighted by Crippen LogP contribution is -2.65. The van der Waals surface area contributed by atoms with Gasteiger partial charge in [0, 0.05) is 6.42 Å². The van der Waals surface area contributed by atoms with Crippen molar-refractivity contribution in [3.63, 3.8) is 0 Å². The third kappa shape index (κ3) is 39.3. The summed E-state index contributed by atoms with van der Waals surface area (Å²) in [5, 5.41) is 87.3. The molecule has 84 heavy (non-hydrogen) atoms. The van der Waals surface area contributed by atoms with Crippen molar-refractivity contribution in [2.75, 3.05) is 19.8 Å². The fourth-order valence-electron chi connectivity index (χ4n) is 11.7. The van der Waals surface area contributed by atoms with Gasteiger partial charge in [-0.25, -0.2) is 0 Å². The third-order valence-corrected chi connectivity index (χ3v) is 17.3. The quantitative estimate of drug-likeness (QED) is 0.0204. The van der Waals surface area contributed by atoms with Crippen molar-refractivity contribution in [1.82, 2.24) is 5.32 Å². The molecule has 494 valence electrons. The lowest BCUT2D eigenvalue weighted by atomic mass is 9.97. The maximum absolute atomic E-state index is 13.3. The molecule has 1 amide bonds. The van der Waals surface area contributed by atoms with E-state index in [1.807, 2.05) is 6.08 Å². The summed E-state index contributed by atoms with van der Waals surface area (Å²) < 4.78 is 22.8. The Bertz CT molecular complexity index is 1550. The smallest absolute Gasteiger partial charge is 0.220 e.